The molecule has 1 saturated carbocycles. The third-order valence-electron chi connectivity index (χ3n) is 7.92. The molecule has 3 aliphatic rings. The minimum atomic E-state index is -3.48. The fourth-order valence-corrected chi connectivity index (χ4v) is 6.43. The van der Waals surface area contributed by atoms with Crippen molar-refractivity contribution in [2.45, 2.75) is 56.5 Å². The summed E-state index contributed by atoms with van der Waals surface area (Å²) in [5, 5.41) is 26.8. The fraction of sp³-hybridized carbons (Fsp3) is 0.500. The van der Waals surface area contributed by atoms with Crippen molar-refractivity contribution in [3.05, 3.63) is 42.5 Å². The third kappa shape index (κ3) is 5.92. The van der Waals surface area contributed by atoms with Crippen LogP contribution in [-0.4, -0.2) is 86.5 Å². The topological polar surface area (TPSA) is 156 Å². The van der Waals surface area contributed by atoms with Gasteiger partial charge in [-0.15, -0.1) is 0 Å². The summed E-state index contributed by atoms with van der Waals surface area (Å²) in [6.07, 6.45) is 8.60. The molecular weight excluding hydrogens is 546 g/mol. The van der Waals surface area contributed by atoms with Crippen LogP contribution in [0.1, 0.15) is 44.6 Å². The number of aromatic nitrogens is 5. The molecule has 3 aromatic heterocycles. The number of aliphatic hydroxyl groups is 2. The number of hydrogen-bond acceptors (Lipinski definition) is 11. The van der Waals surface area contributed by atoms with E-state index < -0.39 is 22.2 Å². The highest BCUT2D eigenvalue weighted by atomic mass is 32.2. The molecule has 1 aliphatic carbocycles. The van der Waals surface area contributed by atoms with Gasteiger partial charge < -0.3 is 25.2 Å². The van der Waals surface area contributed by atoms with Crippen LogP contribution in [0.2, 0.25) is 0 Å². The summed E-state index contributed by atoms with van der Waals surface area (Å²) in [6.45, 7) is 4.24. The van der Waals surface area contributed by atoms with Crippen LogP contribution in [0.3, 0.4) is 0 Å². The number of aliphatic hydroxyl groups excluding tert-OH is 2. The van der Waals surface area contributed by atoms with E-state index in [1.165, 1.54) is 12.4 Å². The summed E-state index contributed by atoms with van der Waals surface area (Å²) in [5.74, 6) is 7.59. The Bertz CT molecular complexity index is 1590. The quantitative estimate of drug-likeness (QED) is 0.352. The normalized spacial score (nSPS) is 22.3. The molecule has 13 heteroatoms. The van der Waals surface area contributed by atoms with Crippen LogP contribution in [0, 0.1) is 17.3 Å². The first-order valence-corrected chi connectivity index (χ1v) is 15.3. The molecule has 6 rings (SSSR count). The van der Waals surface area contributed by atoms with Crippen molar-refractivity contribution in [2.75, 3.05) is 36.5 Å². The largest absolute Gasteiger partial charge is 0.396 e. The standard InChI is InChI=1S/C28H33N7O5S/c1-28(18-36)8-11-34(12-9-28)22-14-26(30-15-19(22)2-5-24-23(37)7-13-40-24)32-25-6-10-29-27(33-25)20-16-31-35(17-20)41(38,39)21-3-4-21/h6,10,14-17,21,23-24,36-37H,3-4,7-9,11-13,18H2,1H3,(H,29,30,32,33). The second kappa shape index (κ2) is 11.0. The van der Waals surface area contributed by atoms with Gasteiger partial charge in [0, 0.05) is 44.6 Å². The molecule has 2 unspecified atom stereocenters. The van der Waals surface area contributed by atoms with E-state index in [4.69, 9.17) is 4.74 Å². The van der Waals surface area contributed by atoms with E-state index >= 15 is 0 Å². The highest BCUT2D eigenvalue weighted by Gasteiger charge is 2.38. The van der Waals surface area contributed by atoms with Gasteiger partial charge in [0.1, 0.15) is 17.7 Å². The first kappa shape index (κ1) is 27.6. The first-order valence-electron chi connectivity index (χ1n) is 13.8. The molecule has 3 aromatic rings. The van der Waals surface area contributed by atoms with E-state index in [1.807, 2.05) is 6.07 Å². The molecule has 12 nitrogen and oxygen atoms in total. The molecular formula is C28H33N7O5S. The van der Waals surface area contributed by atoms with Crippen molar-refractivity contribution < 1.29 is 23.4 Å². The minimum absolute atomic E-state index is 0.110. The zero-order valence-electron chi connectivity index (χ0n) is 22.8. The summed E-state index contributed by atoms with van der Waals surface area (Å²) >= 11 is 0. The highest BCUT2D eigenvalue weighted by molar-refractivity contribution is 7.90. The maximum atomic E-state index is 12.5. The van der Waals surface area contributed by atoms with E-state index in [0.717, 1.165) is 41.3 Å². The van der Waals surface area contributed by atoms with Gasteiger partial charge in [0.25, 0.3) is 10.0 Å². The van der Waals surface area contributed by atoms with Gasteiger partial charge >= 0.3 is 0 Å². The lowest BCUT2D eigenvalue weighted by molar-refractivity contribution is 0.0811. The zero-order valence-corrected chi connectivity index (χ0v) is 23.6. The summed E-state index contributed by atoms with van der Waals surface area (Å²) in [6, 6.07) is 3.62. The van der Waals surface area contributed by atoms with Crippen LogP contribution in [0.4, 0.5) is 17.3 Å². The van der Waals surface area contributed by atoms with Gasteiger partial charge in [0.2, 0.25) is 0 Å². The smallest absolute Gasteiger partial charge is 0.256 e. The molecule has 0 radical (unpaired) electrons. The second-order valence-corrected chi connectivity index (χ2v) is 13.3. The molecule has 5 heterocycles. The van der Waals surface area contributed by atoms with Gasteiger partial charge in [0.05, 0.1) is 47.2 Å². The average Bonchev–Trinajstić information content (AvgIpc) is 3.58. The molecule has 0 amide bonds. The van der Waals surface area contributed by atoms with Crippen LogP contribution in [0.25, 0.3) is 11.4 Å². The van der Waals surface area contributed by atoms with E-state index in [2.05, 4.69) is 49.0 Å². The van der Waals surface area contributed by atoms with E-state index in [9.17, 15) is 18.6 Å². The SMILES string of the molecule is CC1(CO)CCN(c2cc(Nc3ccnc(-c4cnn(S(=O)(=O)C5CC5)c4)n3)ncc2C#CC2OCCC2O)CC1. The molecule has 2 aliphatic heterocycles. The van der Waals surface area contributed by atoms with E-state index in [-0.39, 0.29) is 17.3 Å². The van der Waals surface area contributed by atoms with Gasteiger partial charge in [-0.1, -0.05) is 18.8 Å². The van der Waals surface area contributed by atoms with Crippen molar-refractivity contribution in [3.8, 4) is 23.2 Å². The van der Waals surface area contributed by atoms with E-state index in [0.29, 0.717) is 48.9 Å². The molecule has 0 bridgehead atoms. The molecule has 2 atom stereocenters. The lowest BCUT2D eigenvalue weighted by Gasteiger charge is -2.39. The van der Waals surface area contributed by atoms with Crippen LogP contribution in [0.15, 0.2) is 36.9 Å². The number of nitrogens with zero attached hydrogens (tertiary/aromatic N) is 6. The maximum Gasteiger partial charge on any atom is 0.256 e. The predicted octanol–water partition coefficient (Wildman–Crippen LogP) is 1.92. The number of piperidine rings is 1. The minimum Gasteiger partial charge on any atom is -0.396 e. The Morgan fingerprint density at radius 1 is 1.17 bits per heavy atom. The maximum absolute atomic E-state index is 12.5. The van der Waals surface area contributed by atoms with Crippen molar-refractivity contribution in [1.82, 2.24) is 24.1 Å². The molecule has 216 valence electrons. The molecule has 0 aromatic carbocycles. The zero-order chi connectivity index (χ0) is 28.6. The third-order valence-corrected chi connectivity index (χ3v) is 9.96. The molecule has 2 saturated heterocycles. The van der Waals surface area contributed by atoms with Crippen molar-refractivity contribution in [1.29, 1.82) is 0 Å². The summed E-state index contributed by atoms with van der Waals surface area (Å²) in [4.78, 5) is 15.7. The number of pyridine rings is 1. The molecule has 3 fully saturated rings. The Balaban J connectivity index is 1.25. The number of ether oxygens (including phenoxy) is 1. The highest BCUT2D eigenvalue weighted by Crippen LogP contribution is 2.35. The Kier molecular flexibility index (Phi) is 7.41. The Labute approximate surface area is 238 Å². The lowest BCUT2D eigenvalue weighted by atomic mass is 9.81. The van der Waals surface area contributed by atoms with Crippen LogP contribution < -0.4 is 10.2 Å². The monoisotopic (exact) mass is 579 g/mol. The average molecular weight is 580 g/mol. The van der Waals surface area contributed by atoms with Crippen LogP contribution in [0.5, 0.6) is 0 Å². The summed E-state index contributed by atoms with van der Waals surface area (Å²) in [7, 11) is -3.48. The van der Waals surface area contributed by atoms with Crippen molar-refractivity contribution >= 4 is 27.3 Å². The first-order chi connectivity index (χ1) is 19.7. The van der Waals surface area contributed by atoms with Gasteiger partial charge in [-0.25, -0.2) is 23.4 Å². The Morgan fingerprint density at radius 3 is 2.68 bits per heavy atom. The predicted molar refractivity (Wildman–Crippen MR) is 152 cm³/mol. The van der Waals surface area contributed by atoms with Crippen molar-refractivity contribution in [2.24, 2.45) is 5.41 Å². The van der Waals surface area contributed by atoms with Crippen molar-refractivity contribution in [3.63, 3.8) is 0 Å². The Hall–Kier alpha value is -3.57. The van der Waals surface area contributed by atoms with Crippen LogP contribution >= 0.6 is 0 Å². The summed E-state index contributed by atoms with van der Waals surface area (Å²) in [5.41, 5.74) is 2.00. The molecule has 41 heavy (non-hydrogen) atoms. The number of anilines is 3. The van der Waals surface area contributed by atoms with Gasteiger partial charge in [0.15, 0.2) is 5.82 Å². The second-order valence-electron chi connectivity index (χ2n) is 11.2. The lowest BCUT2D eigenvalue weighted by Crippen LogP contribution is -2.40. The van der Waals surface area contributed by atoms with Gasteiger partial charge in [-0.2, -0.15) is 9.19 Å². The fourth-order valence-electron chi connectivity index (χ4n) is 4.96. The molecule has 3 N–H and O–H groups in total. The van der Waals surface area contributed by atoms with E-state index in [1.54, 1.807) is 18.5 Å². The van der Waals surface area contributed by atoms with Gasteiger partial charge in [-0.3, -0.25) is 0 Å². The molecule has 0 spiro atoms. The van der Waals surface area contributed by atoms with Crippen LogP contribution in [-0.2, 0) is 14.8 Å². The number of rotatable bonds is 7. The van der Waals surface area contributed by atoms with Gasteiger partial charge in [-0.05, 0) is 37.2 Å². The summed E-state index contributed by atoms with van der Waals surface area (Å²) < 4.78 is 31.6. The number of hydrogen-bond donors (Lipinski definition) is 3. The number of nitrogens with one attached hydrogen (secondary N) is 1. The Morgan fingerprint density at radius 2 is 1.98 bits per heavy atom.